The van der Waals surface area contributed by atoms with Gasteiger partial charge in [-0.05, 0) is 38.9 Å². The predicted molar refractivity (Wildman–Crippen MR) is 117 cm³/mol. The van der Waals surface area contributed by atoms with Crippen molar-refractivity contribution < 1.29 is 4.79 Å². The Morgan fingerprint density at radius 3 is 2.52 bits per heavy atom. The number of rotatable bonds is 9. The summed E-state index contributed by atoms with van der Waals surface area (Å²) in [6.07, 6.45) is 3.33. The zero-order valence-corrected chi connectivity index (χ0v) is 19.0. The summed E-state index contributed by atoms with van der Waals surface area (Å²) in [6, 6.07) is 0.301. The van der Waals surface area contributed by atoms with Crippen LogP contribution in [-0.2, 0) is 4.79 Å². The molecule has 1 atom stereocenters. The average molecular weight is 467 g/mol. The van der Waals surface area contributed by atoms with Crippen LogP contribution in [0, 0.1) is 5.92 Å². The van der Waals surface area contributed by atoms with Gasteiger partial charge in [0.25, 0.3) is 0 Å². The number of carbonyl (C=O) groups excluding carboxylic acids is 1. The van der Waals surface area contributed by atoms with Gasteiger partial charge in [-0.15, -0.1) is 24.0 Å². The average Bonchev–Trinajstić information content (AvgIpc) is 3.04. The normalized spacial score (nSPS) is 17.8. The van der Waals surface area contributed by atoms with E-state index in [2.05, 4.69) is 34.4 Å². The maximum Gasteiger partial charge on any atom is 0.225 e. The van der Waals surface area contributed by atoms with Crippen molar-refractivity contribution in [3.05, 3.63) is 0 Å². The molecular formula is C18H38IN5O. The molecule has 1 unspecified atom stereocenters. The Balaban J connectivity index is 0.00000576. The van der Waals surface area contributed by atoms with Crippen LogP contribution < -0.4 is 10.6 Å². The standard InChI is InChI=1S/C18H37N5O.HI/c1-6-22(7-2)12-9-8-11-20-18(19-5)21-16-10-13-23(14-16)17(24)15(3)4;/h15-16H,6-14H2,1-5H3,(H2,19,20,21);1H. The summed E-state index contributed by atoms with van der Waals surface area (Å²) in [5.41, 5.74) is 0. The first-order chi connectivity index (χ1) is 11.5. The molecule has 0 aromatic heterocycles. The first-order valence-corrected chi connectivity index (χ1v) is 9.50. The summed E-state index contributed by atoms with van der Waals surface area (Å²) >= 11 is 0. The summed E-state index contributed by atoms with van der Waals surface area (Å²) in [5.74, 6) is 1.17. The first kappa shape index (κ1) is 24.4. The van der Waals surface area contributed by atoms with Crippen molar-refractivity contribution in [3.8, 4) is 0 Å². The van der Waals surface area contributed by atoms with Gasteiger partial charge in [0, 0.05) is 38.6 Å². The summed E-state index contributed by atoms with van der Waals surface area (Å²) in [4.78, 5) is 20.8. The molecule has 0 bridgehead atoms. The molecule has 25 heavy (non-hydrogen) atoms. The van der Waals surface area contributed by atoms with E-state index in [0.29, 0.717) is 6.04 Å². The van der Waals surface area contributed by atoms with Crippen molar-refractivity contribution in [1.82, 2.24) is 20.4 Å². The molecule has 0 aliphatic carbocycles. The Kier molecular flexibility index (Phi) is 13.3. The molecule has 0 radical (unpaired) electrons. The number of hydrogen-bond donors (Lipinski definition) is 2. The summed E-state index contributed by atoms with van der Waals surface area (Å²) in [5, 5.41) is 6.84. The highest BCUT2D eigenvalue weighted by atomic mass is 127. The topological polar surface area (TPSA) is 60.0 Å². The predicted octanol–water partition coefficient (Wildman–Crippen LogP) is 2.15. The van der Waals surface area contributed by atoms with E-state index in [1.807, 2.05) is 18.7 Å². The number of aliphatic imine (C=N–C) groups is 1. The number of unbranched alkanes of at least 4 members (excludes halogenated alkanes) is 1. The monoisotopic (exact) mass is 467 g/mol. The fourth-order valence-electron chi connectivity index (χ4n) is 3.04. The van der Waals surface area contributed by atoms with Crippen LogP contribution in [0.1, 0.15) is 47.0 Å². The second kappa shape index (κ2) is 13.6. The van der Waals surface area contributed by atoms with Gasteiger partial charge in [0.15, 0.2) is 5.96 Å². The second-order valence-electron chi connectivity index (χ2n) is 6.80. The van der Waals surface area contributed by atoms with E-state index in [1.165, 1.54) is 6.42 Å². The third kappa shape index (κ3) is 9.08. The van der Waals surface area contributed by atoms with Crippen LogP contribution in [0.3, 0.4) is 0 Å². The van der Waals surface area contributed by atoms with Gasteiger partial charge in [-0.25, -0.2) is 0 Å². The van der Waals surface area contributed by atoms with Crippen LogP contribution in [0.4, 0.5) is 0 Å². The number of hydrogen-bond acceptors (Lipinski definition) is 3. The van der Waals surface area contributed by atoms with Crippen LogP contribution in [0.15, 0.2) is 4.99 Å². The number of carbonyl (C=O) groups is 1. The van der Waals surface area contributed by atoms with Gasteiger partial charge in [-0.2, -0.15) is 0 Å². The van der Waals surface area contributed by atoms with Crippen molar-refractivity contribution in [1.29, 1.82) is 0 Å². The Morgan fingerprint density at radius 1 is 1.28 bits per heavy atom. The fourth-order valence-corrected chi connectivity index (χ4v) is 3.04. The van der Waals surface area contributed by atoms with Gasteiger partial charge in [0.2, 0.25) is 5.91 Å². The van der Waals surface area contributed by atoms with Gasteiger partial charge in [-0.3, -0.25) is 9.79 Å². The highest BCUT2D eigenvalue weighted by molar-refractivity contribution is 14.0. The lowest BCUT2D eigenvalue weighted by Gasteiger charge is -2.20. The molecule has 1 aliphatic rings. The Hall–Kier alpha value is -0.570. The molecule has 1 rings (SSSR count). The highest BCUT2D eigenvalue weighted by Gasteiger charge is 2.27. The number of likely N-dealkylation sites (tertiary alicyclic amines) is 1. The zero-order valence-electron chi connectivity index (χ0n) is 16.7. The van der Waals surface area contributed by atoms with E-state index in [0.717, 1.165) is 58.1 Å². The molecule has 2 N–H and O–H groups in total. The van der Waals surface area contributed by atoms with Crippen molar-refractivity contribution >= 4 is 35.8 Å². The van der Waals surface area contributed by atoms with E-state index >= 15 is 0 Å². The molecule has 1 heterocycles. The maximum absolute atomic E-state index is 12.0. The number of halogens is 1. The maximum atomic E-state index is 12.0. The van der Waals surface area contributed by atoms with Gasteiger partial charge in [0.05, 0.1) is 0 Å². The summed E-state index contributed by atoms with van der Waals surface area (Å²) < 4.78 is 0. The van der Waals surface area contributed by atoms with Crippen LogP contribution in [-0.4, -0.2) is 74.0 Å². The third-order valence-corrected chi connectivity index (χ3v) is 4.65. The first-order valence-electron chi connectivity index (χ1n) is 9.50. The number of nitrogens with zero attached hydrogens (tertiary/aromatic N) is 3. The number of guanidine groups is 1. The SMILES string of the molecule is CCN(CC)CCCCNC(=NC)NC1CCN(C(=O)C(C)C)C1.I. The van der Waals surface area contributed by atoms with E-state index in [1.54, 1.807) is 7.05 Å². The lowest BCUT2D eigenvalue weighted by Crippen LogP contribution is -2.45. The molecule has 0 saturated carbocycles. The number of amides is 1. The molecule has 148 valence electrons. The molecule has 6 nitrogen and oxygen atoms in total. The van der Waals surface area contributed by atoms with Gasteiger partial charge < -0.3 is 20.4 Å². The highest BCUT2D eigenvalue weighted by Crippen LogP contribution is 2.12. The molecule has 0 spiro atoms. The van der Waals surface area contributed by atoms with Crippen LogP contribution >= 0.6 is 24.0 Å². The smallest absolute Gasteiger partial charge is 0.225 e. The van der Waals surface area contributed by atoms with Crippen molar-refractivity contribution in [3.63, 3.8) is 0 Å². The van der Waals surface area contributed by atoms with Gasteiger partial charge >= 0.3 is 0 Å². The lowest BCUT2D eigenvalue weighted by atomic mass is 10.2. The zero-order chi connectivity index (χ0) is 17.9. The quantitative estimate of drug-likeness (QED) is 0.236. The summed E-state index contributed by atoms with van der Waals surface area (Å²) in [7, 11) is 1.80. The molecular weight excluding hydrogens is 429 g/mol. The molecule has 1 saturated heterocycles. The van der Waals surface area contributed by atoms with Crippen molar-refractivity contribution in [2.24, 2.45) is 10.9 Å². The minimum Gasteiger partial charge on any atom is -0.356 e. The summed E-state index contributed by atoms with van der Waals surface area (Å²) in [6.45, 7) is 14.3. The largest absolute Gasteiger partial charge is 0.356 e. The number of nitrogens with one attached hydrogen (secondary N) is 2. The minimum absolute atomic E-state index is 0. The lowest BCUT2D eigenvalue weighted by molar-refractivity contribution is -0.133. The fraction of sp³-hybridized carbons (Fsp3) is 0.889. The van der Waals surface area contributed by atoms with Gasteiger partial charge in [-0.1, -0.05) is 27.7 Å². The molecule has 1 amide bonds. The minimum atomic E-state index is 0. The Bertz CT molecular complexity index is 399. The Labute approximate surface area is 171 Å². The molecule has 1 fully saturated rings. The molecule has 0 aromatic carbocycles. The molecule has 0 aromatic rings. The van der Waals surface area contributed by atoms with E-state index < -0.39 is 0 Å². The molecule has 1 aliphatic heterocycles. The van der Waals surface area contributed by atoms with E-state index in [4.69, 9.17) is 0 Å². The van der Waals surface area contributed by atoms with Crippen LogP contribution in [0.25, 0.3) is 0 Å². The van der Waals surface area contributed by atoms with Crippen molar-refractivity contribution in [2.75, 3.05) is 46.3 Å². The van der Waals surface area contributed by atoms with Crippen LogP contribution in [0.2, 0.25) is 0 Å². The van der Waals surface area contributed by atoms with Crippen molar-refractivity contribution in [2.45, 2.75) is 53.0 Å². The third-order valence-electron chi connectivity index (χ3n) is 4.65. The van der Waals surface area contributed by atoms with E-state index in [-0.39, 0.29) is 35.8 Å². The molecule has 7 heteroatoms. The van der Waals surface area contributed by atoms with E-state index in [9.17, 15) is 4.79 Å². The van der Waals surface area contributed by atoms with Crippen LogP contribution in [0.5, 0.6) is 0 Å². The van der Waals surface area contributed by atoms with Gasteiger partial charge in [0.1, 0.15) is 0 Å². The second-order valence-corrected chi connectivity index (χ2v) is 6.80. The Morgan fingerprint density at radius 2 is 1.96 bits per heavy atom.